The Morgan fingerprint density at radius 3 is 2.51 bits per heavy atom. The van der Waals surface area contributed by atoms with E-state index in [2.05, 4.69) is 30.6 Å². The van der Waals surface area contributed by atoms with Crippen molar-refractivity contribution in [2.45, 2.75) is 32.9 Å². The quantitative estimate of drug-likeness (QED) is 0.444. The van der Waals surface area contributed by atoms with E-state index in [0.29, 0.717) is 17.9 Å². The molecule has 0 amide bonds. The van der Waals surface area contributed by atoms with Gasteiger partial charge in [0, 0.05) is 17.7 Å². The van der Waals surface area contributed by atoms with E-state index in [1.807, 2.05) is 42.5 Å². The molecule has 0 saturated heterocycles. The number of ether oxygens (including phenoxy) is 2. The number of anilines is 2. The molecule has 0 unspecified atom stereocenters. The minimum absolute atomic E-state index is 0.199. The summed E-state index contributed by atoms with van der Waals surface area (Å²) in [6.45, 7) is 4.43. The minimum Gasteiger partial charge on any atom is -0.496 e. The zero-order chi connectivity index (χ0) is 24.6. The Bertz CT molecular complexity index is 1280. The van der Waals surface area contributed by atoms with Crippen LogP contribution in [0.5, 0.6) is 11.5 Å². The molecule has 180 valence electrons. The highest BCUT2D eigenvalue weighted by molar-refractivity contribution is 5.90. The molecule has 2 atom stereocenters. The van der Waals surface area contributed by atoms with E-state index in [0.717, 1.165) is 28.2 Å². The molecule has 35 heavy (non-hydrogen) atoms. The monoisotopic (exact) mass is 472 g/mol. The average Bonchev–Trinajstić information content (AvgIpc) is 2.99. The second-order valence-corrected chi connectivity index (χ2v) is 9.82. The summed E-state index contributed by atoms with van der Waals surface area (Å²) in [4.78, 5) is 13.5. The molecular weight excluding hydrogens is 443 g/mol. The van der Waals surface area contributed by atoms with Crippen molar-refractivity contribution in [3.8, 4) is 11.5 Å². The van der Waals surface area contributed by atoms with Crippen molar-refractivity contribution in [1.29, 1.82) is 0 Å². The van der Waals surface area contributed by atoms with Gasteiger partial charge in [0.1, 0.15) is 29.7 Å². The Kier molecular flexibility index (Phi) is 5.97. The SMILES string of the molecule is COc1ccc([C@@H]2Nc3ccccc3NC3=CC(C)(C)CC(=O)[C@H]32)cc1COc1ccc(F)cc1. The predicted molar refractivity (Wildman–Crippen MR) is 135 cm³/mol. The maximum Gasteiger partial charge on any atom is 0.145 e. The normalized spacial score (nSPS) is 20.3. The third-order valence-electron chi connectivity index (χ3n) is 6.58. The summed E-state index contributed by atoms with van der Waals surface area (Å²) in [5.74, 6) is 0.795. The van der Waals surface area contributed by atoms with Gasteiger partial charge in [-0.05, 0) is 59.5 Å². The van der Waals surface area contributed by atoms with Crippen LogP contribution in [0.2, 0.25) is 0 Å². The van der Waals surface area contributed by atoms with Crippen molar-refractivity contribution in [1.82, 2.24) is 0 Å². The minimum atomic E-state index is -0.352. The molecule has 5 nitrogen and oxygen atoms in total. The highest BCUT2D eigenvalue weighted by Gasteiger charge is 2.41. The number of Topliss-reactive ketones (excluding diaryl/α,β-unsaturated/α-hetero) is 1. The fourth-order valence-electron chi connectivity index (χ4n) is 4.97. The topological polar surface area (TPSA) is 59.6 Å². The van der Waals surface area contributed by atoms with Crippen molar-refractivity contribution in [3.63, 3.8) is 0 Å². The first-order valence-electron chi connectivity index (χ1n) is 11.8. The van der Waals surface area contributed by atoms with E-state index in [4.69, 9.17) is 9.47 Å². The van der Waals surface area contributed by atoms with Gasteiger partial charge in [-0.1, -0.05) is 38.1 Å². The predicted octanol–water partition coefficient (Wildman–Crippen LogP) is 6.49. The maximum atomic E-state index is 13.5. The molecule has 0 radical (unpaired) electrons. The van der Waals surface area contributed by atoms with Gasteiger partial charge in [-0.25, -0.2) is 4.39 Å². The lowest BCUT2D eigenvalue weighted by Gasteiger charge is -2.35. The number of nitrogens with one attached hydrogen (secondary N) is 2. The number of benzene rings is 3. The number of para-hydroxylation sites is 2. The van der Waals surface area contributed by atoms with E-state index in [1.54, 1.807) is 19.2 Å². The summed E-state index contributed by atoms with van der Waals surface area (Å²) >= 11 is 0. The van der Waals surface area contributed by atoms with Gasteiger partial charge in [0.2, 0.25) is 0 Å². The largest absolute Gasteiger partial charge is 0.496 e. The van der Waals surface area contributed by atoms with Crippen LogP contribution in [0.1, 0.15) is 37.4 Å². The molecular formula is C29H29FN2O3. The van der Waals surface area contributed by atoms with Gasteiger partial charge < -0.3 is 20.1 Å². The van der Waals surface area contributed by atoms with Crippen LogP contribution in [0.25, 0.3) is 0 Å². The van der Waals surface area contributed by atoms with Crippen molar-refractivity contribution in [3.05, 3.63) is 95.4 Å². The summed E-state index contributed by atoms with van der Waals surface area (Å²) in [5, 5.41) is 7.16. The van der Waals surface area contributed by atoms with E-state index >= 15 is 0 Å². The second-order valence-electron chi connectivity index (χ2n) is 9.82. The summed E-state index contributed by atoms with van der Waals surface area (Å²) < 4.78 is 24.8. The highest BCUT2D eigenvalue weighted by atomic mass is 19.1. The molecule has 0 aromatic heterocycles. The van der Waals surface area contributed by atoms with Crippen LogP contribution in [-0.2, 0) is 11.4 Å². The standard InChI is InChI=1S/C29H29FN2O3/c1-29(2)15-24-27(25(33)16-29)28(32-23-7-5-4-6-22(23)31-24)18-8-13-26(34-3)19(14-18)17-35-21-11-9-20(30)10-12-21/h4-15,27-28,31-32H,16-17H2,1-3H3/t27-,28-/m0/s1. The molecule has 1 heterocycles. The lowest BCUT2D eigenvalue weighted by atomic mass is 9.72. The Balaban J connectivity index is 1.53. The zero-order valence-corrected chi connectivity index (χ0v) is 20.1. The summed E-state index contributed by atoms with van der Waals surface area (Å²) in [7, 11) is 1.62. The molecule has 3 aromatic rings. The molecule has 5 rings (SSSR count). The number of fused-ring (bicyclic) bond motifs is 2. The van der Waals surface area contributed by atoms with Gasteiger partial charge in [-0.15, -0.1) is 0 Å². The molecule has 0 saturated carbocycles. The number of carbonyl (C=O) groups excluding carboxylic acids is 1. The molecule has 2 N–H and O–H groups in total. The number of ketones is 1. The van der Waals surface area contributed by atoms with Gasteiger partial charge >= 0.3 is 0 Å². The number of methoxy groups -OCH3 is 1. The summed E-state index contributed by atoms with van der Waals surface area (Å²) in [6, 6.07) is 19.6. The van der Waals surface area contributed by atoms with Crippen LogP contribution < -0.4 is 20.1 Å². The van der Waals surface area contributed by atoms with Gasteiger partial charge in [-0.2, -0.15) is 0 Å². The smallest absolute Gasteiger partial charge is 0.145 e. The van der Waals surface area contributed by atoms with Crippen LogP contribution in [0.3, 0.4) is 0 Å². The number of allylic oxidation sites excluding steroid dienone is 1. The third-order valence-corrected chi connectivity index (χ3v) is 6.58. The van der Waals surface area contributed by atoms with Crippen LogP contribution in [0, 0.1) is 17.2 Å². The van der Waals surface area contributed by atoms with E-state index in [1.165, 1.54) is 12.1 Å². The number of hydrogen-bond donors (Lipinski definition) is 2. The molecule has 2 aliphatic rings. The Morgan fingerprint density at radius 1 is 1.03 bits per heavy atom. The molecule has 1 aliphatic carbocycles. The first-order chi connectivity index (χ1) is 16.8. The van der Waals surface area contributed by atoms with Crippen LogP contribution >= 0.6 is 0 Å². The zero-order valence-electron chi connectivity index (χ0n) is 20.1. The third kappa shape index (κ3) is 4.74. The van der Waals surface area contributed by atoms with E-state index in [9.17, 15) is 9.18 Å². The van der Waals surface area contributed by atoms with Gasteiger partial charge in [0.25, 0.3) is 0 Å². The summed E-state index contributed by atoms with van der Waals surface area (Å²) in [6.07, 6.45) is 2.67. The number of hydrogen-bond acceptors (Lipinski definition) is 5. The maximum absolute atomic E-state index is 13.5. The number of rotatable bonds is 5. The fourth-order valence-corrected chi connectivity index (χ4v) is 4.97. The van der Waals surface area contributed by atoms with E-state index in [-0.39, 0.29) is 35.6 Å². The van der Waals surface area contributed by atoms with Crippen LogP contribution in [-0.4, -0.2) is 12.9 Å². The summed E-state index contributed by atoms with van der Waals surface area (Å²) in [5.41, 5.74) is 4.41. The van der Waals surface area contributed by atoms with Crippen molar-refractivity contribution in [2.24, 2.45) is 11.3 Å². The second kappa shape index (κ2) is 9.10. The molecule has 6 heteroatoms. The molecule has 0 fully saturated rings. The van der Waals surface area contributed by atoms with Gasteiger partial charge in [-0.3, -0.25) is 4.79 Å². The van der Waals surface area contributed by atoms with Gasteiger partial charge in [0.05, 0.1) is 30.4 Å². The molecule has 1 aliphatic heterocycles. The first kappa shape index (κ1) is 23.0. The molecule has 0 spiro atoms. The van der Waals surface area contributed by atoms with E-state index < -0.39 is 0 Å². The Hall–Kier alpha value is -3.80. The lowest BCUT2D eigenvalue weighted by molar-refractivity contribution is -0.124. The van der Waals surface area contributed by atoms with Crippen molar-refractivity contribution >= 4 is 17.2 Å². The average molecular weight is 473 g/mol. The number of halogens is 1. The van der Waals surface area contributed by atoms with Crippen LogP contribution in [0.15, 0.2) is 78.5 Å². The van der Waals surface area contributed by atoms with Gasteiger partial charge in [0.15, 0.2) is 0 Å². The number of carbonyl (C=O) groups is 1. The first-order valence-corrected chi connectivity index (χ1v) is 11.8. The molecule has 3 aromatic carbocycles. The molecule has 0 bridgehead atoms. The van der Waals surface area contributed by atoms with Crippen molar-refractivity contribution < 1.29 is 18.7 Å². The fraction of sp³-hybridized carbons (Fsp3) is 0.276. The lowest BCUT2D eigenvalue weighted by Crippen LogP contribution is -2.36. The van der Waals surface area contributed by atoms with Crippen LogP contribution in [0.4, 0.5) is 15.8 Å². The highest BCUT2D eigenvalue weighted by Crippen LogP contribution is 2.45. The Morgan fingerprint density at radius 2 is 1.77 bits per heavy atom. The Labute approximate surface area is 205 Å². The van der Waals surface area contributed by atoms with Crippen molar-refractivity contribution in [2.75, 3.05) is 17.7 Å².